The molecule has 1 aliphatic rings. The second kappa shape index (κ2) is 15.9. The van der Waals surface area contributed by atoms with Gasteiger partial charge in [-0.1, -0.05) is 11.8 Å². The smallest absolute Gasteiger partial charge is 0.369 e. The Bertz CT molecular complexity index is 1430. The van der Waals surface area contributed by atoms with Crippen molar-refractivity contribution in [1.29, 1.82) is 5.26 Å². The van der Waals surface area contributed by atoms with Crippen LogP contribution in [0.15, 0.2) is 11.0 Å². The van der Waals surface area contributed by atoms with Crippen LogP contribution in [0.4, 0.5) is 5.95 Å². The van der Waals surface area contributed by atoms with E-state index < -0.39 is 14.0 Å². The summed E-state index contributed by atoms with van der Waals surface area (Å²) in [6.07, 6.45) is 18.0. The average molecular weight is 567 g/mol. The van der Waals surface area contributed by atoms with Gasteiger partial charge in [-0.05, 0) is 38.5 Å². The third kappa shape index (κ3) is 9.00. The Morgan fingerprint density at radius 1 is 1.15 bits per heavy atom. The van der Waals surface area contributed by atoms with Crippen molar-refractivity contribution >= 4 is 24.7 Å². The van der Waals surface area contributed by atoms with E-state index in [2.05, 4.69) is 38.7 Å². The van der Waals surface area contributed by atoms with Crippen molar-refractivity contribution in [3.8, 4) is 42.6 Å². The van der Waals surface area contributed by atoms with Gasteiger partial charge in [0.2, 0.25) is 5.95 Å². The second-order valence-corrected chi connectivity index (χ2v) is 11.0. The Balaban J connectivity index is 1.69. The number of anilines is 1. The number of hydrogen-bond acceptors (Lipinski definition) is 8. The van der Waals surface area contributed by atoms with E-state index in [4.69, 9.17) is 37.6 Å². The van der Waals surface area contributed by atoms with Crippen LogP contribution >= 0.6 is 7.75 Å². The highest BCUT2D eigenvalue weighted by molar-refractivity contribution is 7.51. The zero-order valence-corrected chi connectivity index (χ0v) is 23.4. The van der Waals surface area contributed by atoms with Crippen LogP contribution in [0.1, 0.15) is 76.0 Å². The molecular formula is C28H35N6O5P. The largest absolute Gasteiger partial charge is 0.405 e. The van der Waals surface area contributed by atoms with E-state index in [1.165, 1.54) is 0 Å². The van der Waals surface area contributed by atoms with Crippen molar-refractivity contribution < 1.29 is 18.3 Å². The van der Waals surface area contributed by atoms with Gasteiger partial charge in [-0.3, -0.25) is 18.8 Å². The van der Waals surface area contributed by atoms with Crippen LogP contribution in [0.5, 0.6) is 0 Å². The van der Waals surface area contributed by atoms with E-state index in [9.17, 15) is 9.36 Å². The predicted molar refractivity (Wildman–Crippen MR) is 153 cm³/mol. The first-order valence-corrected chi connectivity index (χ1v) is 14.9. The molecule has 3 heterocycles. The first-order chi connectivity index (χ1) is 19.4. The summed E-state index contributed by atoms with van der Waals surface area (Å²) < 4.78 is 32.2. The van der Waals surface area contributed by atoms with Gasteiger partial charge in [0, 0.05) is 32.0 Å². The predicted octanol–water partition coefficient (Wildman–Crippen LogP) is 3.98. The van der Waals surface area contributed by atoms with Gasteiger partial charge >= 0.3 is 7.75 Å². The number of aromatic amines is 1. The molecule has 0 radical (unpaired) electrons. The summed E-state index contributed by atoms with van der Waals surface area (Å²) in [7, 11) is -3.66. The Morgan fingerprint density at radius 2 is 1.88 bits per heavy atom. The van der Waals surface area contributed by atoms with Crippen LogP contribution in [0, 0.1) is 47.9 Å². The molecule has 3 unspecified atom stereocenters. The number of nitriles is 1. The van der Waals surface area contributed by atoms with Gasteiger partial charge in [0.15, 0.2) is 5.65 Å². The molecule has 2 aromatic heterocycles. The third-order valence-corrected chi connectivity index (χ3v) is 7.77. The molecule has 0 bridgehead atoms. The minimum Gasteiger partial charge on any atom is -0.369 e. The van der Waals surface area contributed by atoms with E-state index >= 15 is 0 Å². The lowest BCUT2D eigenvalue weighted by atomic mass is 10.2. The Labute approximate surface area is 234 Å². The lowest BCUT2D eigenvalue weighted by Gasteiger charge is -2.21. The molecule has 0 aliphatic carbocycles. The Kier molecular flexibility index (Phi) is 12.3. The van der Waals surface area contributed by atoms with Gasteiger partial charge in [0.25, 0.3) is 5.56 Å². The number of fused-ring (bicyclic) bond motifs is 1. The van der Waals surface area contributed by atoms with Crippen molar-refractivity contribution in [2.24, 2.45) is 0 Å². The van der Waals surface area contributed by atoms with E-state index in [1.807, 2.05) is 6.07 Å². The molecule has 4 N–H and O–H groups in total. The maximum absolute atomic E-state index is 13.2. The number of H-pyrrole nitrogens is 1. The van der Waals surface area contributed by atoms with Crippen LogP contribution in [-0.2, 0) is 18.3 Å². The lowest BCUT2D eigenvalue weighted by Crippen LogP contribution is -2.27. The summed E-state index contributed by atoms with van der Waals surface area (Å²) in [4.78, 5) is 19.6. The molecule has 3 atom stereocenters. The Morgan fingerprint density at radius 3 is 2.62 bits per heavy atom. The number of nitrogens with one attached hydrogen (secondary N) is 2. The molecule has 1 aliphatic heterocycles. The standard InChI is InChI=1S/C28H35N6O5P/c1-3-5-7-9-10-11-14-22-21-34(26-25(22)27(35)33-28(30)32-26)24-16-15-23(39-24)20-31-40(36,38-19-13-17-29)37-18-12-8-6-4-2/h1-2,21,23-24H,5-10,12-13,15-16,18-20H2,(H,31,36)(H3,30,32,33,35). The normalized spacial score (nSPS) is 17.8. The summed E-state index contributed by atoms with van der Waals surface area (Å²) in [6.45, 7) is 0.381. The number of nitrogens with two attached hydrogens (primary N) is 1. The average Bonchev–Trinajstić information content (AvgIpc) is 3.54. The van der Waals surface area contributed by atoms with E-state index in [-0.39, 0.29) is 43.8 Å². The summed E-state index contributed by atoms with van der Waals surface area (Å²) in [5, 5.41) is 12.0. The molecule has 1 fully saturated rings. The molecule has 11 nitrogen and oxygen atoms in total. The molecule has 212 valence electrons. The number of unbranched alkanes of at least 4 members (excludes halogenated alkanes) is 5. The first-order valence-electron chi connectivity index (χ1n) is 13.3. The fourth-order valence-corrected chi connectivity index (χ4v) is 5.58. The van der Waals surface area contributed by atoms with Gasteiger partial charge in [-0.15, -0.1) is 24.7 Å². The number of nitrogen functional groups attached to an aromatic ring is 1. The van der Waals surface area contributed by atoms with Gasteiger partial charge < -0.3 is 15.0 Å². The Hall–Kier alpha value is -3.54. The number of aromatic nitrogens is 3. The van der Waals surface area contributed by atoms with Crippen molar-refractivity contribution in [3.63, 3.8) is 0 Å². The number of hydrogen-bond donors (Lipinski definition) is 3. The van der Waals surface area contributed by atoms with Crippen LogP contribution in [0.3, 0.4) is 0 Å². The summed E-state index contributed by atoms with van der Waals surface area (Å²) in [5.74, 6) is 11.4. The minimum absolute atomic E-state index is 0.00305. The fourth-order valence-electron chi connectivity index (χ4n) is 4.19. The maximum atomic E-state index is 13.2. The number of nitrogens with zero attached hydrogens (tertiary/aromatic N) is 3. The van der Waals surface area contributed by atoms with Crippen molar-refractivity contribution in [2.75, 3.05) is 25.5 Å². The van der Waals surface area contributed by atoms with E-state index in [1.54, 1.807) is 10.8 Å². The summed E-state index contributed by atoms with van der Waals surface area (Å²) in [6, 6.07) is 1.96. The number of terminal acetylenes is 2. The molecule has 2 aromatic rings. The second-order valence-electron chi connectivity index (χ2n) is 9.20. The third-order valence-electron chi connectivity index (χ3n) is 6.16. The van der Waals surface area contributed by atoms with Gasteiger partial charge in [0.1, 0.15) is 6.23 Å². The van der Waals surface area contributed by atoms with Crippen molar-refractivity contribution in [2.45, 2.75) is 76.5 Å². The van der Waals surface area contributed by atoms with E-state index in [0.717, 1.165) is 19.3 Å². The number of ether oxygens (including phenoxy) is 1. The molecule has 1 saturated heterocycles. The van der Waals surface area contributed by atoms with Crippen LogP contribution in [0.25, 0.3) is 11.0 Å². The monoisotopic (exact) mass is 566 g/mol. The lowest BCUT2D eigenvalue weighted by molar-refractivity contribution is 0.00627. The SMILES string of the molecule is C#CCCCCC#Cc1cn(C2CCC(CNP(=O)(OCCC#N)OCCCCC#C)O2)c2nc(N)[nH]c(=O)c12. The van der Waals surface area contributed by atoms with Crippen LogP contribution in [0.2, 0.25) is 0 Å². The molecule has 0 saturated carbocycles. The van der Waals surface area contributed by atoms with Crippen LogP contribution < -0.4 is 16.4 Å². The first kappa shape index (κ1) is 31.0. The molecule has 12 heteroatoms. The summed E-state index contributed by atoms with van der Waals surface area (Å²) in [5.41, 5.74) is 6.39. The highest BCUT2D eigenvalue weighted by atomic mass is 31.2. The molecule has 0 amide bonds. The minimum atomic E-state index is -3.66. The van der Waals surface area contributed by atoms with Gasteiger partial charge in [-0.25, -0.2) is 9.65 Å². The maximum Gasteiger partial charge on any atom is 0.405 e. The topological polar surface area (TPSA) is 157 Å². The fraction of sp³-hybridized carbons (Fsp3) is 0.536. The zero-order chi connectivity index (χ0) is 28.8. The highest BCUT2D eigenvalue weighted by Crippen LogP contribution is 2.44. The van der Waals surface area contributed by atoms with E-state index in [0.29, 0.717) is 55.1 Å². The van der Waals surface area contributed by atoms with Crippen LogP contribution in [-0.4, -0.2) is 40.4 Å². The van der Waals surface area contributed by atoms with Crippen molar-refractivity contribution in [1.82, 2.24) is 19.6 Å². The van der Waals surface area contributed by atoms with Gasteiger partial charge in [0.05, 0.1) is 42.8 Å². The molecule has 0 spiro atoms. The number of rotatable bonds is 15. The zero-order valence-electron chi connectivity index (χ0n) is 22.5. The highest BCUT2D eigenvalue weighted by Gasteiger charge is 2.32. The molecule has 3 rings (SSSR count). The van der Waals surface area contributed by atoms with Gasteiger partial charge in [-0.2, -0.15) is 10.2 Å². The molecule has 0 aromatic carbocycles. The quantitative estimate of drug-likeness (QED) is 0.165. The summed E-state index contributed by atoms with van der Waals surface area (Å²) >= 11 is 0. The molecule has 40 heavy (non-hydrogen) atoms. The van der Waals surface area contributed by atoms with Crippen molar-refractivity contribution in [3.05, 3.63) is 22.1 Å². The molecular weight excluding hydrogens is 531 g/mol.